The molecule has 5 nitrogen and oxygen atoms in total. The highest BCUT2D eigenvalue weighted by Crippen LogP contribution is 2.18. The minimum absolute atomic E-state index is 0.259. The molecule has 0 unspecified atom stereocenters. The van der Waals surface area contributed by atoms with Crippen molar-refractivity contribution in [3.8, 4) is 0 Å². The summed E-state index contributed by atoms with van der Waals surface area (Å²) in [5.41, 5.74) is 1.50. The highest BCUT2D eigenvalue weighted by Gasteiger charge is 2.11. The Hall–Kier alpha value is -2.37. The van der Waals surface area contributed by atoms with E-state index in [1.54, 1.807) is 12.5 Å². The maximum absolute atomic E-state index is 13.8. The van der Waals surface area contributed by atoms with Crippen molar-refractivity contribution in [2.24, 2.45) is 0 Å². The number of benzene rings is 1. The van der Waals surface area contributed by atoms with Crippen LogP contribution in [0.15, 0.2) is 30.7 Å². The van der Waals surface area contributed by atoms with Gasteiger partial charge in [0.2, 0.25) is 0 Å². The standard InChI is InChI=1S/C15H18FN3O2/c1-10(2)19-9-17-7-12(19)8-18-14-6-11(15(20)21-3)4-5-13(14)16/h4-7,9-10,18H,8H2,1-3H3. The van der Waals surface area contributed by atoms with Crippen molar-refractivity contribution in [3.63, 3.8) is 0 Å². The molecule has 2 rings (SSSR count). The molecule has 0 amide bonds. The number of nitrogens with zero attached hydrogens (tertiary/aromatic N) is 2. The summed E-state index contributed by atoms with van der Waals surface area (Å²) in [4.78, 5) is 15.6. The number of anilines is 1. The Kier molecular flexibility index (Phi) is 4.57. The van der Waals surface area contributed by atoms with E-state index < -0.39 is 11.8 Å². The number of hydrogen-bond donors (Lipinski definition) is 1. The molecule has 1 heterocycles. The predicted molar refractivity (Wildman–Crippen MR) is 77.7 cm³/mol. The second kappa shape index (κ2) is 6.39. The molecule has 0 aliphatic rings. The molecule has 6 heteroatoms. The van der Waals surface area contributed by atoms with Gasteiger partial charge in [-0.15, -0.1) is 0 Å². The third-order valence-electron chi connectivity index (χ3n) is 3.15. The molecule has 0 aliphatic carbocycles. The van der Waals surface area contributed by atoms with Gasteiger partial charge in [-0.25, -0.2) is 14.2 Å². The van der Waals surface area contributed by atoms with Crippen molar-refractivity contribution in [2.45, 2.75) is 26.4 Å². The zero-order chi connectivity index (χ0) is 15.4. The van der Waals surface area contributed by atoms with Gasteiger partial charge in [-0.2, -0.15) is 0 Å². The van der Waals surface area contributed by atoms with E-state index in [1.807, 2.05) is 18.4 Å². The molecule has 112 valence electrons. The van der Waals surface area contributed by atoms with Crippen LogP contribution in [0.4, 0.5) is 10.1 Å². The van der Waals surface area contributed by atoms with Crippen molar-refractivity contribution >= 4 is 11.7 Å². The zero-order valence-electron chi connectivity index (χ0n) is 12.3. The number of nitrogens with one attached hydrogen (secondary N) is 1. The van der Waals surface area contributed by atoms with E-state index in [0.717, 1.165) is 5.69 Å². The van der Waals surface area contributed by atoms with Gasteiger partial charge in [0.1, 0.15) is 5.82 Å². The summed E-state index contributed by atoms with van der Waals surface area (Å²) in [6.07, 6.45) is 3.47. The summed E-state index contributed by atoms with van der Waals surface area (Å²) in [6, 6.07) is 4.35. The number of ether oxygens (including phenoxy) is 1. The Balaban J connectivity index is 2.16. The lowest BCUT2D eigenvalue weighted by Gasteiger charge is -2.13. The van der Waals surface area contributed by atoms with Gasteiger partial charge in [-0.05, 0) is 32.0 Å². The lowest BCUT2D eigenvalue weighted by molar-refractivity contribution is 0.0600. The number of carbonyl (C=O) groups is 1. The maximum Gasteiger partial charge on any atom is 0.337 e. The second-order valence-corrected chi connectivity index (χ2v) is 4.93. The molecule has 21 heavy (non-hydrogen) atoms. The van der Waals surface area contributed by atoms with Crippen LogP contribution in [0.25, 0.3) is 0 Å². The summed E-state index contributed by atoms with van der Waals surface area (Å²) < 4.78 is 20.4. The molecule has 0 spiro atoms. The normalized spacial score (nSPS) is 10.7. The molecule has 1 N–H and O–H groups in total. The molecular formula is C15H18FN3O2. The fourth-order valence-electron chi connectivity index (χ4n) is 2.03. The minimum Gasteiger partial charge on any atom is -0.465 e. The highest BCUT2D eigenvalue weighted by molar-refractivity contribution is 5.90. The van der Waals surface area contributed by atoms with Crippen molar-refractivity contribution in [1.82, 2.24) is 9.55 Å². The van der Waals surface area contributed by atoms with Crippen LogP contribution in [0.5, 0.6) is 0 Å². The van der Waals surface area contributed by atoms with Crippen LogP contribution in [-0.4, -0.2) is 22.6 Å². The van der Waals surface area contributed by atoms with Crippen LogP contribution in [0, 0.1) is 5.82 Å². The molecule has 0 saturated heterocycles. The smallest absolute Gasteiger partial charge is 0.337 e. The van der Waals surface area contributed by atoms with E-state index in [2.05, 4.69) is 15.0 Å². The molecule has 1 aromatic carbocycles. The first-order valence-corrected chi connectivity index (χ1v) is 6.65. The molecule has 0 bridgehead atoms. The molecule has 0 radical (unpaired) electrons. The van der Waals surface area contributed by atoms with E-state index in [4.69, 9.17) is 0 Å². The summed E-state index contributed by atoms with van der Waals surface area (Å²) in [5.74, 6) is -0.913. The summed E-state index contributed by atoms with van der Waals surface area (Å²) >= 11 is 0. The van der Waals surface area contributed by atoms with Gasteiger partial charge in [0.25, 0.3) is 0 Å². The lowest BCUT2D eigenvalue weighted by Crippen LogP contribution is -2.10. The molecule has 0 fully saturated rings. The monoisotopic (exact) mass is 291 g/mol. The zero-order valence-corrected chi connectivity index (χ0v) is 12.3. The second-order valence-electron chi connectivity index (χ2n) is 4.93. The van der Waals surface area contributed by atoms with Gasteiger partial charge >= 0.3 is 5.97 Å². The average Bonchev–Trinajstić information content (AvgIpc) is 2.94. The topological polar surface area (TPSA) is 56.1 Å². The van der Waals surface area contributed by atoms with E-state index in [9.17, 15) is 9.18 Å². The summed E-state index contributed by atoms with van der Waals surface area (Å²) in [7, 11) is 1.29. The molecule has 2 aromatic rings. The Morgan fingerprint density at radius 2 is 2.24 bits per heavy atom. The molecule has 0 atom stereocenters. The van der Waals surface area contributed by atoms with Gasteiger partial charge in [0.15, 0.2) is 0 Å². The van der Waals surface area contributed by atoms with Crippen LogP contribution < -0.4 is 5.32 Å². The first-order chi connectivity index (χ1) is 10.0. The number of methoxy groups -OCH3 is 1. The maximum atomic E-state index is 13.8. The quantitative estimate of drug-likeness (QED) is 0.860. The van der Waals surface area contributed by atoms with Gasteiger partial charge < -0.3 is 14.6 Å². The van der Waals surface area contributed by atoms with E-state index in [0.29, 0.717) is 12.1 Å². The van der Waals surface area contributed by atoms with Crippen molar-refractivity contribution in [1.29, 1.82) is 0 Å². The lowest BCUT2D eigenvalue weighted by atomic mass is 10.2. The molecular weight excluding hydrogens is 273 g/mol. The van der Waals surface area contributed by atoms with Crippen LogP contribution in [0.3, 0.4) is 0 Å². The summed E-state index contributed by atoms with van der Waals surface area (Å²) in [5, 5.41) is 2.99. The SMILES string of the molecule is COC(=O)c1ccc(F)c(NCc2cncn2C(C)C)c1. The molecule has 0 aliphatic heterocycles. The molecule has 1 aromatic heterocycles. The van der Waals surface area contributed by atoms with Crippen LogP contribution >= 0.6 is 0 Å². The van der Waals surface area contributed by atoms with Crippen molar-refractivity contribution in [2.75, 3.05) is 12.4 Å². The minimum atomic E-state index is -0.495. The van der Waals surface area contributed by atoms with Crippen LogP contribution in [0.2, 0.25) is 0 Å². The number of esters is 1. The fraction of sp³-hybridized carbons (Fsp3) is 0.333. The van der Waals surface area contributed by atoms with E-state index >= 15 is 0 Å². The number of rotatable bonds is 5. The fourth-order valence-corrected chi connectivity index (χ4v) is 2.03. The Morgan fingerprint density at radius 1 is 1.48 bits per heavy atom. The van der Waals surface area contributed by atoms with Gasteiger partial charge in [-0.1, -0.05) is 0 Å². The first-order valence-electron chi connectivity index (χ1n) is 6.65. The Morgan fingerprint density at radius 3 is 2.90 bits per heavy atom. The number of halogens is 1. The number of aromatic nitrogens is 2. The highest BCUT2D eigenvalue weighted by atomic mass is 19.1. The third-order valence-corrected chi connectivity index (χ3v) is 3.15. The van der Waals surface area contributed by atoms with Gasteiger partial charge in [0, 0.05) is 12.2 Å². The predicted octanol–water partition coefficient (Wildman–Crippen LogP) is 3.00. The van der Waals surface area contributed by atoms with Crippen molar-refractivity contribution in [3.05, 3.63) is 47.8 Å². The summed E-state index contributed by atoms with van der Waals surface area (Å²) in [6.45, 7) is 4.51. The Bertz CT molecular complexity index is 638. The first kappa shape index (κ1) is 15.0. The van der Waals surface area contributed by atoms with E-state index in [-0.39, 0.29) is 11.7 Å². The average molecular weight is 291 g/mol. The van der Waals surface area contributed by atoms with Gasteiger partial charge in [0.05, 0.1) is 36.9 Å². The van der Waals surface area contributed by atoms with Gasteiger partial charge in [-0.3, -0.25) is 0 Å². The van der Waals surface area contributed by atoms with Crippen LogP contribution in [0.1, 0.15) is 35.9 Å². The van der Waals surface area contributed by atoms with E-state index in [1.165, 1.54) is 25.3 Å². The number of carbonyl (C=O) groups excluding carboxylic acids is 1. The Labute approximate surface area is 122 Å². The van der Waals surface area contributed by atoms with Crippen molar-refractivity contribution < 1.29 is 13.9 Å². The van der Waals surface area contributed by atoms with Crippen LogP contribution in [-0.2, 0) is 11.3 Å². The molecule has 0 saturated carbocycles. The largest absolute Gasteiger partial charge is 0.465 e. The third kappa shape index (κ3) is 3.39. The number of hydrogen-bond acceptors (Lipinski definition) is 4. The number of imidazole rings is 1.